The molecular weight excluding hydrogens is 280 g/mol. The Bertz CT molecular complexity index is 786. The minimum absolute atomic E-state index is 0.249. The molecule has 0 aliphatic heterocycles. The topological polar surface area (TPSA) is 42.9 Å². The van der Waals surface area contributed by atoms with Crippen LogP contribution >= 0.6 is 15.9 Å². The van der Waals surface area contributed by atoms with Crippen LogP contribution in [0.3, 0.4) is 0 Å². The van der Waals surface area contributed by atoms with Gasteiger partial charge in [0.2, 0.25) is 0 Å². The molecule has 82 valence electrons. The van der Waals surface area contributed by atoms with E-state index in [0.717, 1.165) is 9.99 Å². The number of aromatic nitrogens is 2. The molecule has 2 aromatic carbocycles. The molecular formula is C13H7BrN2O. The first kappa shape index (κ1) is 10.4. The molecule has 0 fully saturated rings. The Labute approximate surface area is 105 Å². The van der Waals surface area contributed by atoms with Crippen LogP contribution in [0.1, 0.15) is 0 Å². The average molecular weight is 287 g/mol. The van der Waals surface area contributed by atoms with Gasteiger partial charge in [-0.2, -0.15) is 0 Å². The van der Waals surface area contributed by atoms with Crippen LogP contribution in [0.15, 0.2) is 51.7 Å². The SMILES string of the molecule is O=c1nc2ccccc2nc2cc(Br)ccc12. The van der Waals surface area contributed by atoms with Gasteiger partial charge in [0.25, 0.3) is 5.56 Å². The fraction of sp³-hybridized carbons (Fsp3) is 0. The van der Waals surface area contributed by atoms with Crippen molar-refractivity contribution >= 4 is 37.9 Å². The molecule has 0 saturated heterocycles. The third kappa shape index (κ3) is 1.80. The molecule has 3 aromatic rings. The zero-order valence-corrected chi connectivity index (χ0v) is 10.3. The number of fused-ring (bicyclic) bond motifs is 2. The Hall–Kier alpha value is -1.81. The molecule has 0 N–H and O–H groups in total. The van der Waals surface area contributed by atoms with Crippen molar-refractivity contribution in [3.05, 3.63) is 57.3 Å². The van der Waals surface area contributed by atoms with E-state index in [4.69, 9.17) is 0 Å². The van der Waals surface area contributed by atoms with Crippen LogP contribution in [0, 0.1) is 0 Å². The highest BCUT2D eigenvalue weighted by atomic mass is 79.9. The molecule has 0 atom stereocenters. The van der Waals surface area contributed by atoms with Crippen LogP contribution in [0.5, 0.6) is 0 Å². The first-order valence-electron chi connectivity index (χ1n) is 5.10. The lowest BCUT2D eigenvalue weighted by Gasteiger charge is -1.91. The predicted molar refractivity (Wildman–Crippen MR) is 71.0 cm³/mol. The largest absolute Gasteiger partial charge is 0.279 e. The number of rotatable bonds is 0. The molecule has 0 amide bonds. The second-order valence-corrected chi connectivity index (χ2v) is 4.59. The summed E-state index contributed by atoms with van der Waals surface area (Å²) in [5.41, 5.74) is 1.74. The van der Waals surface area contributed by atoms with E-state index in [1.165, 1.54) is 0 Å². The zero-order valence-electron chi connectivity index (χ0n) is 8.72. The molecule has 17 heavy (non-hydrogen) atoms. The molecule has 3 nitrogen and oxygen atoms in total. The molecule has 3 rings (SSSR count). The van der Waals surface area contributed by atoms with Gasteiger partial charge in [0, 0.05) is 4.47 Å². The maximum absolute atomic E-state index is 11.9. The van der Waals surface area contributed by atoms with Crippen LogP contribution in [-0.4, -0.2) is 9.97 Å². The highest BCUT2D eigenvalue weighted by Crippen LogP contribution is 2.16. The Balaban J connectivity index is 2.62. The molecule has 0 spiro atoms. The van der Waals surface area contributed by atoms with Crippen molar-refractivity contribution in [3.8, 4) is 0 Å². The van der Waals surface area contributed by atoms with Gasteiger partial charge in [0.05, 0.1) is 21.9 Å². The van der Waals surface area contributed by atoms with E-state index in [-0.39, 0.29) is 5.56 Å². The van der Waals surface area contributed by atoms with Crippen molar-refractivity contribution in [3.63, 3.8) is 0 Å². The van der Waals surface area contributed by atoms with E-state index < -0.39 is 0 Å². The Morgan fingerprint density at radius 2 is 1.59 bits per heavy atom. The standard InChI is InChI=1S/C13H7BrN2O/c14-8-5-6-9-12(7-8)15-10-3-1-2-4-11(10)16-13(9)17/h1-7H. The third-order valence-corrected chi connectivity index (χ3v) is 3.03. The van der Waals surface area contributed by atoms with E-state index in [9.17, 15) is 4.79 Å². The van der Waals surface area contributed by atoms with Crippen LogP contribution in [0.25, 0.3) is 21.9 Å². The van der Waals surface area contributed by atoms with Crippen LogP contribution in [0.4, 0.5) is 0 Å². The van der Waals surface area contributed by atoms with E-state index in [0.29, 0.717) is 16.4 Å². The summed E-state index contributed by atoms with van der Waals surface area (Å²) in [6.45, 7) is 0. The Kier molecular flexibility index (Phi) is 2.37. The van der Waals surface area contributed by atoms with Gasteiger partial charge < -0.3 is 0 Å². The van der Waals surface area contributed by atoms with E-state index >= 15 is 0 Å². The highest BCUT2D eigenvalue weighted by molar-refractivity contribution is 9.10. The number of para-hydroxylation sites is 2. The Morgan fingerprint density at radius 3 is 2.35 bits per heavy atom. The van der Waals surface area contributed by atoms with Gasteiger partial charge in [-0.05, 0) is 30.3 Å². The molecule has 1 aromatic heterocycles. The third-order valence-electron chi connectivity index (χ3n) is 2.53. The molecule has 0 radical (unpaired) electrons. The van der Waals surface area contributed by atoms with Gasteiger partial charge in [0.15, 0.2) is 0 Å². The molecule has 0 saturated carbocycles. The summed E-state index contributed by atoms with van der Waals surface area (Å²) in [6.07, 6.45) is 0. The fourth-order valence-electron chi connectivity index (χ4n) is 1.73. The quantitative estimate of drug-likeness (QED) is 0.638. The van der Waals surface area contributed by atoms with Gasteiger partial charge in [-0.25, -0.2) is 9.97 Å². The molecule has 0 bridgehead atoms. The summed E-state index contributed by atoms with van der Waals surface area (Å²) in [7, 11) is 0. The fourth-order valence-corrected chi connectivity index (χ4v) is 2.08. The van der Waals surface area contributed by atoms with Crippen molar-refractivity contribution in [1.29, 1.82) is 0 Å². The van der Waals surface area contributed by atoms with Gasteiger partial charge in [-0.3, -0.25) is 4.79 Å². The van der Waals surface area contributed by atoms with Crippen LogP contribution < -0.4 is 5.56 Å². The Morgan fingerprint density at radius 1 is 0.882 bits per heavy atom. The van der Waals surface area contributed by atoms with Crippen molar-refractivity contribution in [2.24, 2.45) is 0 Å². The van der Waals surface area contributed by atoms with E-state index in [1.54, 1.807) is 12.1 Å². The smallest absolute Gasteiger partial charge is 0.267 e. The maximum Gasteiger partial charge on any atom is 0.279 e. The van der Waals surface area contributed by atoms with Crippen LogP contribution in [-0.2, 0) is 0 Å². The molecule has 1 heterocycles. The summed E-state index contributed by atoms with van der Waals surface area (Å²) >= 11 is 3.37. The molecule has 0 aliphatic carbocycles. The van der Waals surface area contributed by atoms with E-state index in [1.807, 2.05) is 30.3 Å². The minimum Gasteiger partial charge on any atom is -0.267 e. The number of benzene rings is 2. The average Bonchev–Trinajstić information content (AvgIpc) is 2.44. The highest BCUT2D eigenvalue weighted by Gasteiger charge is 2.02. The van der Waals surface area contributed by atoms with E-state index in [2.05, 4.69) is 25.9 Å². The molecule has 0 unspecified atom stereocenters. The van der Waals surface area contributed by atoms with Gasteiger partial charge in [-0.1, -0.05) is 28.1 Å². The summed E-state index contributed by atoms with van der Waals surface area (Å²) < 4.78 is 0.896. The summed E-state index contributed by atoms with van der Waals surface area (Å²) in [6, 6.07) is 12.7. The van der Waals surface area contributed by atoms with Crippen molar-refractivity contribution in [1.82, 2.24) is 9.97 Å². The van der Waals surface area contributed by atoms with Crippen molar-refractivity contribution in [2.75, 3.05) is 0 Å². The maximum atomic E-state index is 11.9. The predicted octanol–water partition coefficient (Wildman–Crippen LogP) is 2.91. The lowest BCUT2D eigenvalue weighted by Crippen LogP contribution is -2.01. The van der Waals surface area contributed by atoms with Gasteiger partial charge in [0.1, 0.15) is 0 Å². The number of hydrogen-bond acceptors (Lipinski definition) is 3. The second-order valence-electron chi connectivity index (χ2n) is 3.68. The number of nitrogens with zero attached hydrogens (tertiary/aromatic N) is 2. The normalized spacial score (nSPS) is 10.9. The summed E-state index contributed by atoms with van der Waals surface area (Å²) in [4.78, 5) is 20.5. The van der Waals surface area contributed by atoms with Crippen molar-refractivity contribution < 1.29 is 0 Å². The zero-order chi connectivity index (χ0) is 11.8. The lowest BCUT2D eigenvalue weighted by atomic mass is 10.2. The second kappa shape index (κ2) is 3.89. The monoisotopic (exact) mass is 286 g/mol. The van der Waals surface area contributed by atoms with Gasteiger partial charge >= 0.3 is 0 Å². The summed E-state index contributed by atoms with van der Waals surface area (Å²) in [5.74, 6) is 0. The number of halogens is 1. The molecule has 0 aliphatic rings. The minimum atomic E-state index is -0.249. The lowest BCUT2D eigenvalue weighted by molar-refractivity contribution is 1.35. The van der Waals surface area contributed by atoms with Crippen LogP contribution in [0.2, 0.25) is 0 Å². The van der Waals surface area contributed by atoms with Gasteiger partial charge in [-0.15, -0.1) is 0 Å². The first-order chi connectivity index (χ1) is 8.24. The van der Waals surface area contributed by atoms with Crippen molar-refractivity contribution in [2.45, 2.75) is 0 Å². The first-order valence-corrected chi connectivity index (χ1v) is 5.90. The molecule has 4 heteroatoms. The summed E-state index contributed by atoms with van der Waals surface area (Å²) in [5, 5.41) is 0.532. The number of hydrogen-bond donors (Lipinski definition) is 0.